The maximum atomic E-state index is 13.3. The van der Waals surface area contributed by atoms with Crippen molar-refractivity contribution < 1.29 is 22.7 Å². The number of sulfone groups is 1. The molecule has 1 unspecified atom stereocenters. The van der Waals surface area contributed by atoms with Crippen LogP contribution in [0.1, 0.15) is 42.5 Å². The van der Waals surface area contributed by atoms with Gasteiger partial charge in [-0.15, -0.1) is 0 Å². The Balaban J connectivity index is 2.22. The summed E-state index contributed by atoms with van der Waals surface area (Å²) < 4.78 is 35.2. The number of ether oxygens (including phenoxy) is 2. The summed E-state index contributed by atoms with van der Waals surface area (Å²) in [4.78, 5) is 13.6. The Labute approximate surface area is 172 Å². The molecule has 0 aliphatic carbocycles. The number of methoxy groups -OCH3 is 1. The number of ketones is 1. The Morgan fingerprint density at radius 3 is 2.03 bits per heavy atom. The van der Waals surface area contributed by atoms with Crippen LogP contribution in [-0.4, -0.2) is 33.2 Å². The fourth-order valence-electron chi connectivity index (χ4n) is 3.66. The van der Waals surface area contributed by atoms with Gasteiger partial charge in [0.25, 0.3) is 0 Å². The monoisotopic (exact) mass is 414 g/mol. The van der Waals surface area contributed by atoms with Gasteiger partial charge >= 0.3 is 0 Å². The molecule has 1 atom stereocenters. The van der Waals surface area contributed by atoms with Gasteiger partial charge in [-0.05, 0) is 80.3 Å². The highest BCUT2D eigenvalue weighted by molar-refractivity contribution is 7.90. The molecule has 5 nitrogen and oxygen atoms in total. The van der Waals surface area contributed by atoms with Crippen molar-refractivity contribution in [3.05, 3.63) is 58.7 Å². The Hall–Kier alpha value is -2.60. The average Bonchev–Trinajstić information content (AvgIpc) is 2.93. The van der Waals surface area contributed by atoms with Crippen LogP contribution in [0.5, 0.6) is 5.75 Å². The van der Waals surface area contributed by atoms with Crippen LogP contribution in [0.3, 0.4) is 0 Å². The SMILES string of the molecule is CCC1(C)OC(c2ccc(S(C)(=O)=O)cc2)=C(c2cc(C)c(OC)c(C)c2)C1=O. The lowest BCUT2D eigenvalue weighted by molar-refractivity contribution is -0.126. The molecule has 0 N–H and O–H groups in total. The van der Waals surface area contributed by atoms with E-state index in [4.69, 9.17) is 9.47 Å². The molecule has 2 aromatic rings. The van der Waals surface area contributed by atoms with Gasteiger partial charge in [-0.25, -0.2) is 8.42 Å². The van der Waals surface area contributed by atoms with Crippen LogP contribution in [0.4, 0.5) is 0 Å². The highest BCUT2D eigenvalue weighted by Gasteiger charge is 2.45. The van der Waals surface area contributed by atoms with Crippen LogP contribution in [0.15, 0.2) is 41.3 Å². The van der Waals surface area contributed by atoms with E-state index in [1.807, 2.05) is 32.9 Å². The van der Waals surface area contributed by atoms with Crippen LogP contribution in [0.2, 0.25) is 0 Å². The molecule has 1 aliphatic rings. The van der Waals surface area contributed by atoms with Crippen molar-refractivity contribution in [2.24, 2.45) is 0 Å². The number of Topliss-reactive ketones (excluding diaryl/α,β-unsaturated/α-hetero) is 1. The number of carbonyl (C=O) groups is 1. The maximum Gasteiger partial charge on any atom is 0.210 e. The molecule has 0 aromatic heterocycles. The summed E-state index contributed by atoms with van der Waals surface area (Å²) in [5.41, 5.74) is 2.85. The van der Waals surface area contributed by atoms with E-state index in [2.05, 4.69) is 0 Å². The van der Waals surface area contributed by atoms with Gasteiger partial charge in [0.05, 0.1) is 17.6 Å². The predicted molar refractivity (Wildman–Crippen MR) is 114 cm³/mol. The van der Waals surface area contributed by atoms with Crippen LogP contribution in [0, 0.1) is 13.8 Å². The van der Waals surface area contributed by atoms with Crippen molar-refractivity contribution >= 4 is 27.0 Å². The second-order valence-corrected chi connectivity index (χ2v) is 9.68. The topological polar surface area (TPSA) is 69.7 Å². The third-order valence-electron chi connectivity index (χ3n) is 5.43. The second kappa shape index (κ2) is 7.34. The van der Waals surface area contributed by atoms with E-state index in [-0.39, 0.29) is 10.7 Å². The normalized spacial score (nSPS) is 19.4. The summed E-state index contributed by atoms with van der Waals surface area (Å²) in [6.45, 7) is 7.58. The van der Waals surface area contributed by atoms with Gasteiger partial charge in [-0.1, -0.05) is 6.92 Å². The first-order valence-corrected chi connectivity index (χ1v) is 11.3. The fraction of sp³-hybridized carbons (Fsp3) is 0.348. The van der Waals surface area contributed by atoms with Crippen molar-refractivity contribution in [2.75, 3.05) is 13.4 Å². The van der Waals surface area contributed by atoms with Gasteiger partial charge in [-0.2, -0.15) is 0 Å². The molecule has 1 aliphatic heterocycles. The van der Waals surface area contributed by atoms with E-state index < -0.39 is 15.4 Å². The van der Waals surface area contributed by atoms with Crippen LogP contribution in [-0.2, 0) is 19.4 Å². The molecule has 1 heterocycles. The minimum absolute atomic E-state index is 0.0776. The lowest BCUT2D eigenvalue weighted by atomic mass is 9.88. The van der Waals surface area contributed by atoms with E-state index in [1.54, 1.807) is 26.2 Å². The summed E-state index contributed by atoms with van der Waals surface area (Å²) in [5.74, 6) is 1.19. The molecule has 0 amide bonds. The highest BCUT2D eigenvalue weighted by atomic mass is 32.2. The summed E-state index contributed by atoms with van der Waals surface area (Å²) in [5, 5.41) is 0. The molecule has 0 saturated carbocycles. The van der Waals surface area contributed by atoms with E-state index in [9.17, 15) is 13.2 Å². The van der Waals surface area contributed by atoms with Gasteiger partial charge in [0.15, 0.2) is 15.4 Å². The summed E-state index contributed by atoms with van der Waals surface area (Å²) in [6, 6.07) is 10.3. The van der Waals surface area contributed by atoms with Crippen LogP contribution < -0.4 is 4.74 Å². The molecule has 29 heavy (non-hydrogen) atoms. The number of carbonyl (C=O) groups excluding carboxylic acids is 1. The molecule has 0 spiro atoms. The number of hydrogen-bond acceptors (Lipinski definition) is 5. The maximum absolute atomic E-state index is 13.3. The van der Waals surface area contributed by atoms with Gasteiger partial charge in [-0.3, -0.25) is 4.79 Å². The molecule has 0 bridgehead atoms. The third kappa shape index (κ3) is 3.69. The van der Waals surface area contributed by atoms with Gasteiger partial charge < -0.3 is 9.47 Å². The van der Waals surface area contributed by atoms with E-state index >= 15 is 0 Å². The lowest BCUT2D eigenvalue weighted by Crippen LogP contribution is -2.32. The van der Waals surface area contributed by atoms with Crippen LogP contribution in [0.25, 0.3) is 11.3 Å². The third-order valence-corrected chi connectivity index (χ3v) is 6.56. The van der Waals surface area contributed by atoms with E-state index in [0.717, 1.165) is 22.4 Å². The van der Waals surface area contributed by atoms with Gasteiger partial charge in [0.2, 0.25) is 5.78 Å². The first kappa shape index (κ1) is 21.1. The fourth-order valence-corrected chi connectivity index (χ4v) is 4.29. The smallest absolute Gasteiger partial charge is 0.210 e. The zero-order valence-corrected chi connectivity index (χ0v) is 18.4. The van der Waals surface area contributed by atoms with Gasteiger partial charge in [0, 0.05) is 11.8 Å². The first-order chi connectivity index (χ1) is 13.5. The Morgan fingerprint density at radius 1 is 1.03 bits per heavy atom. The van der Waals surface area contributed by atoms with Crippen LogP contribution >= 0.6 is 0 Å². The molecule has 2 aromatic carbocycles. The lowest BCUT2D eigenvalue weighted by Gasteiger charge is -2.21. The van der Waals surface area contributed by atoms with Crippen molar-refractivity contribution in [3.63, 3.8) is 0 Å². The quantitative estimate of drug-likeness (QED) is 0.727. The first-order valence-electron chi connectivity index (χ1n) is 9.46. The van der Waals surface area contributed by atoms with E-state index in [0.29, 0.717) is 23.3 Å². The Kier molecular flexibility index (Phi) is 5.34. The van der Waals surface area contributed by atoms with Gasteiger partial charge in [0.1, 0.15) is 11.5 Å². The minimum atomic E-state index is -3.30. The van der Waals surface area contributed by atoms with Crippen molar-refractivity contribution in [3.8, 4) is 5.75 Å². The Morgan fingerprint density at radius 2 is 1.59 bits per heavy atom. The standard InChI is InChI=1S/C23H26O5S/c1-7-23(4)22(24)19(17-12-14(2)20(27-5)15(3)13-17)21(28-23)16-8-10-18(11-9-16)29(6,25)26/h8-13H,7H2,1-6H3. The van der Waals surface area contributed by atoms with E-state index in [1.165, 1.54) is 18.4 Å². The zero-order valence-electron chi connectivity index (χ0n) is 17.6. The number of aryl methyl sites for hydroxylation is 2. The number of rotatable bonds is 5. The average molecular weight is 415 g/mol. The molecule has 3 rings (SSSR count). The van der Waals surface area contributed by atoms with Crippen molar-refractivity contribution in [2.45, 2.75) is 44.6 Å². The number of hydrogen-bond donors (Lipinski definition) is 0. The number of benzene rings is 2. The van der Waals surface area contributed by atoms with Crippen molar-refractivity contribution in [1.29, 1.82) is 0 Å². The zero-order chi connectivity index (χ0) is 21.6. The largest absolute Gasteiger partial charge is 0.496 e. The molecule has 154 valence electrons. The second-order valence-electron chi connectivity index (χ2n) is 7.66. The predicted octanol–water partition coefficient (Wildman–Crippen LogP) is 4.35. The summed E-state index contributed by atoms with van der Waals surface area (Å²) >= 11 is 0. The summed E-state index contributed by atoms with van der Waals surface area (Å²) in [7, 11) is -1.68. The minimum Gasteiger partial charge on any atom is -0.496 e. The van der Waals surface area contributed by atoms with Crippen molar-refractivity contribution in [1.82, 2.24) is 0 Å². The molecule has 0 saturated heterocycles. The molecule has 0 fully saturated rings. The highest BCUT2D eigenvalue weighted by Crippen LogP contribution is 2.44. The summed E-state index contributed by atoms with van der Waals surface area (Å²) in [6.07, 6.45) is 1.69. The molecule has 6 heteroatoms. The Bertz CT molecular complexity index is 1090. The molecule has 0 radical (unpaired) electrons. The molecular formula is C23H26O5S. The molecular weight excluding hydrogens is 388 g/mol.